The summed E-state index contributed by atoms with van der Waals surface area (Å²) < 4.78 is 29.0. The van der Waals surface area contributed by atoms with Gasteiger partial charge in [0.25, 0.3) is 0 Å². The zero-order valence-corrected chi connectivity index (χ0v) is 12.7. The standard InChI is InChI=1S/C14H16ClNO3S/c1-2-3-7-20(17,18)10-13-9-19-14(16-13)11-5-4-6-12(15)8-11/h4-6,8-9H,2-3,7,10H2,1H3. The molecule has 2 rings (SSSR count). The van der Waals surface area contributed by atoms with Gasteiger partial charge in [-0.2, -0.15) is 0 Å². The van der Waals surface area contributed by atoms with Crippen molar-refractivity contribution in [2.45, 2.75) is 25.5 Å². The summed E-state index contributed by atoms with van der Waals surface area (Å²) in [5, 5.41) is 0.581. The minimum atomic E-state index is -3.12. The number of nitrogens with zero attached hydrogens (tertiary/aromatic N) is 1. The molecule has 1 aromatic carbocycles. The second-order valence-electron chi connectivity index (χ2n) is 4.60. The van der Waals surface area contributed by atoms with E-state index in [4.69, 9.17) is 16.0 Å². The number of sulfone groups is 1. The summed E-state index contributed by atoms with van der Waals surface area (Å²) in [6.07, 6.45) is 2.91. The van der Waals surface area contributed by atoms with E-state index in [9.17, 15) is 8.42 Å². The predicted molar refractivity (Wildman–Crippen MR) is 79.3 cm³/mol. The third-order valence-corrected chi connectivity index (χ3v) is 4.68. The summed E-state index contributed by atoms with van der Waals surface area (Å²) in [7, 11) is -3.12. The first-order valence-electron chi connectivity index (χ1n) is 6.41. The Bertz CT molecular complexity index is 679. The van der Waals surface area contributed by atoms with Crippen molar-refractivity contribution in [3.05, 3.63) is 41.2 Å². The summed E-state index contributed by atoms with van der Waals surface area (Å²) in [6, 6.07) is 7.08. The van der Waals surface area contributed by atoms with Gasteiger partial charge >= 0.3 is 0 Å². The van der Waals surface area contributed by atoms with Crippen LogP contribution >= 0.6 is 11.6 Å². The molecule has 0 amide bonds. The van der Waals surface area contributed by atoms with E-state index in [1.54, 1.807) is 18.2 Å². The van der Waals surface area contributed by atoms with Crippen LogP contribution < -0.4 is 0 Å². The molecule has 0 aliphatic heterocycles. The van der Waals surface area contributed by atoms with Crippen molar-refractivity contribution in [1.29, 1.82) is 0 Å². The maximum absolute atomic E-state index is 11.9. The van der Waals surface area contributed by atoms with Gasteiger partial charge in [0.1, 0.15) is 6.26 Å². The van der Waals surface area contributed by atoms with Crippen LogP contribution in [0.1, 0.15) is 25.5 Å². The lowest BCUT2D eigenvalue weighted by molar-refractivity contribution is 0.571. The fourth-order valence-corrected chi connectivity index (χ4v) is 3.44. The van der Waals surface area contributed by atoms with E-state index in [-0.39, 0.29) is 11.5 Å². The first-order chi connectivity index (χ1) is 9.50. The maximum Gasteiger partial charge on any atom is 0.226 e. The second-order valence-corrected chi connectivity index (χ2v) is 7.22. The Morgan fingerprint density at radius 2 is 2.15 bits per heavy atom. The molecular weight excluding hydrogens is 298 g/mol. The molecule has 4 nitrogen and oxygen atoms in total. The van der Waals surface area contributed by atoms with Crippen LogP contribution in [-0.2, 0) is 15.6 Å². The van der Waals surface area contributed by atoms with Crippen molar-refractivity contribution in [2.24, 2.45) is 0 Å². The minimum absolute atomic E-state index is 0.0862. The van der Waals surface area contributed by atoms with E-state index in [2.05, 4.69) is 4.98 Å². The number of halogens is 1. The highest BCUT2D eigenvalue weighted by atomic mass is 35.5. The summed E-state index contributed by atoms with van der Waals surface area (Å²) in [5.41, 5.74) is 1.16. The van der Waals surface area contributed by atoms with Crippen molar-refractivity contribution < 1.29 is 12.8 Å². The number of unbranched alkanes of at least 4 members (excludes halogenated alkanes) is 1. The van der Waals surface area contributed by atoms with Gasteiger partial charge in [-0.1, -0.05) is 31.0 Å². The lowest BCUT2D eigenvalue weighted by Gasteiger charge is -1.99. The molecule has 0 fully saturated rings. The number of rotatable bonds is 6. The van der Waals surface area contributed by atoms with Crippen LogP contribution in [0.4, 0.5) is 0 Å². The van der Waals surface area contributed by atoms with Gasteiger partial charge in [-0.25, -0.2) is 13.4 Å². The van der Waals surface area contributed by atoms with Gasteiger partial charge in [0, 0.05) is 10.6 Å². The fraction of sp³-hybridized carbons (Fsp3) is 0.357. The highest BCUT2D eigenvalue weighted by Gasteiger charge is 2.15. The van der Waals surface area contributed by atoms with Gasteiger partial charge in [-0.05, 0) is 24.6 Å². The van der Waals surface area contributed by atoms with E-state index >= 15 is 0 Å². The third kappa shape index (κ3) is 4.08. The van der Waals surface area contributed by atoms with E-state index in [1.807, 2.05) is 13.0 Å². The van der Waals surface area contributed by atoms with Crippen LogP contribution in [0, 0.1) is 0 Å². The molecule has 0 aliphatic rings. The monoisotopic (exact) mass is 313 g/mol. The van der Waals surface area contributed by atoms with Crippen molar-refractivity contribution >= 4 is 21.4 Å². The Hall–Kier alpha value is -1.33. The Kier molecular flexibility index (Phi) is 4.83. The molecule has 0 saturated heterocycles. The van der Waals surface area contributed by atoms with Crippen LogP contribution in [0.25, 0.3) is 11.5 Å². The summed E-state index contributed by atoms with van der Waals surface area (Å²) >= 11 is 5.90. The van der Waals surface area contributed by atoms with Crippen molar-refractivity contribution in [2.75, 3.05) is 5.75 Å². The summed E-state index contributed by atoms with van der Waals surface area (Å²) in [5.74, 6) is 0.480. The summed E-state index contributed by atoms with van der Waals surface area (Å²) in [6.45, 7) is 1.96. The highest BCUT2D eigenvalue weighted by Crippen LogP contribution is 2.22. The van der Waals surface area contributed by atoms with Crippen LogP contribution in [0.15, 0.2) is 34.9 Å². The fourth-order valence-electron chi connectivity index (χ4n) is 1.79. The van der Waals surface area contributed by atoms with Gasteiger partial charge in [-0.3, -0.25) is 0 Å². The molecule has 2 aromatic rings. The average Bonchev–Trinajstić information content (AvgIpc) is 2.84. The van der Waals surface area contributed by atoms with Crippen molar-refractivity contribution in [3.63, 3.8) is 0 Å². The van der Waals surface area contributed by atoms with E-state index in [1.165, 1.54) is 6.26 Å². The van der Waals surface area contributed by atoms with E-state index in [0.29, 0.717) is 23.0 Å². The molecule has 1 heterocycles. The molecule has 0 aliphatic carbocycles. The maximum atomic E-state index is 11.9. The normalized spacial score (nSPS) is 11.7. The summed E-state index contributed by atoms with van der Waals surface area (Å²) in [4.78, 5) is 4.21. The molecule has 0 radical (unpaired) electrons. The van der Waals surface area contributed by atoms with Gasteiger partial charge in [-0.15, -0.1) is 0 Å². The molecule has 0 unspecified atom stereocenters. The predicted octanol–water partition coefficient (Wildman–Crippen LogP) is 3.71. The SMILES string of the molecule is CCCCS(=O)(=O)Cc1coc(-c2cccc(Cl)c2)n1. The molecular formula is C14H16ClNO3S. The number of aromatic nitrogens is 1. The molecule has 0 saturated carbocycles. The van der Waals surface area contributed by atoms with Crippen molar-refractivity contribution in [1.82, 2.24) is 4.98 Å². The van der Waals surface area contributed by atoms with Crippen LogP contribution in [0.2, 0.25) is 5.02 Å². The van der Waals surface area contributed by atoms with Gasteiger partial charge < -0.3 is 4.42 Å². The highest BCUT2D eigenvalue weighted by molar-refractivity contribution is 7.90. The Morgan fingerprint density at radius 3 is 2.85 bits per heavy atom. The molecule has 1 aromatic heterocycles. The molecule has 0 spiro atoms. The first kappa shape index (κ1) is 15.1. The lowest BCUT2D eigenvalue weighted by Crippen LogP contribution is -2.09. The van der Waals surface area contributed by atoms with Gasteiger partial charge in [0.15, 0.2) is 9.84 Å². The van der Waals surface area contributed by atoms with Crippen molar-refractivity contribution in [3.8, 4) is 11.5 Å². The molecule has 20 heavy (non-hydrogen) atoms. The zero-order valence-electron chi connectivity index (χ0n) is 11.2. The minimum Gasteiger partial charge on any atom is -0.444 e. The van der Waals surface area contributed by atoms with Gasteiger partial charge in [0.2, 0.25) is 5.89 Å². The quantitative estimate of drug-likeness (QED) is 0.815. The topological polar surface area (TPSA) is 60.2 Å². The van der Waals surface area contributed by atoms with Gasteiger partial charge in [0.05, 0.1) is 17.2 Å². The smallest absolute Gasteiger partial charge is 0.226 e. The zero-order chi connectivity index (χ0) is 14.6. The van der Waals surface area contributed by atoms with Crippen LogP contribution in [0.3, 0.4) is 0 Å². The van der Waals surface area contributed by atoms with E-state index < -0.39 is 9.84 Å². The van der Waals surface area contributed by atoms with Crippen LogP contribution in [-0.4, -0.2) is 19.2 Å². The van der Waals surface area contributed by atoms with Crippen LogP contribution in [0.5, 0.6) is 0 Å². The number of hydrogen-bond acceptors (Lipinski definition) is 4. The molecule has 0 bridgehead atoms. The van der Waals surface area contributed by atoms with E-state index in [0.717, 1.165) is 12.0 Å². The second kappa shape index (κ2) is 6.41. The Labute approximate surface area is 123 Å². The molecule has 0 atom stereocenters. The molecule has 108 valence electrons. The largest absolute Gasteiger partial charge is 0.444 e. The average molecular weight is 314 g/mol. The first-order valence-corrected chi connectivity index (χ1v) is 8.61. The number of oxazole rings is 1. The lowest BCUT2D eigenvalue weighted by atomic mass is 10.2. The molecule has 0 N–H and O–H groups in total. The molecule has 6 heteroatoms. The Morgan fingerprint density at radius 1 is 1.35 bits per heavy atom. The number of benzene rings is 1. The Balaban J connectivity index is 2.13. The number of hydrogen-bond donors (Lipinski definition) is 0. The third-order valence-electron chi connectivity index (χ3n) is 2.80.